The normalized spacial score (nSPS) is 11.4. The number of fused-ring (bicyclic) bond motifs is 1. The first kappa shape index (κ1) is 28.9. The Hall–Kier alpha value is -4.63. The lowest BCUT2D eigenvalue weighted by atomic mass is 9.98. The Kier molecular flexibility index (Phi) is 8.31. The molecule has 0 spiro atoms. The van der Waals surface area contributed by atoms with Crippen LogP contribution in [0.5, 0.6) is 34.5 Å². The molecular weight excluding hydrogens is 588 g/mol. The van der Waals surface area contributed by atoms with Gasteiger partial charge in [-0.25, -0.2) is 5.26 Å². The fraction of sp³-hybridized carbons (Fsp3) is 0. The van der Waals surface area contributed by atoms with Gasteiger partial charge in [0.05, 0.1) is 16.9 Å². The topological polar surface area (TPSA) is 169 Å². The van der Waals surface area contributed by atoms with Crippen LogP contribution in [0.4, 0.5) is 0 Å². The molecule has 0 atom stereocenters. The number of ether oxygens (including phenoxy) is 2. The summed E-state index contributed by atoms with van der Waals surface area (Å²) in [5, 5.41) is 32.7. The predicted molar refractivity (Wildman–Crippen MR) is 151 cm³/mol. The lowest BCUT2D eigenvalue weighted by Gasteiger charge is -2.17. The van der Waals surface area contributed by atoms with Crippen LogP contribution in [0.2, 0.25) is 0 Å². The van der Waals surface area contributed by atoms with Gasteiger partial charge in [0.2, 0.25) is 5.78 Å². The van der Waals surface area contributed by atoms with Gasteiger partial charge in [0.1, 0.15) is 45.0 Å². The van der Waals surface area contributed by atoms with E-state index >= 15 is 0 Å². The van der Waals surface area contributed by atoms with Crippen molar-refractivity contribution in [3.63, 3.8) is 0 Å². The van der Waals surface area contributed by atoms with Crippen LogP contribution < -0.4 is 9.47 Å². The monoisotopic (exact) mass is 608 g/mol. The highest BCUT2D eigenvalue weighted by Crippen LogP contribution is 2.41. The van der Waals surface area contributed by atoms with Gasteiger partial charge in [-0.1, -0.05) is 41.4 Å². The molecule has 0 saturated carbocycles. The minimum Gasteiger partial charge on any atom is -0.508 e. The maximum atomic E-state index is 14.3. The number of hydrogen-bond acceptors (Lipinski definition) is 11. The zero-order valence-electron chi connectivity index (χ0n) is 21.2. The molecule has 42 heavy (non-hydrogen) atoms. The van der Waals surface area contributed by atoms with Crippen molar-refractivity contribution in [2.45, 2.75) is 9.79 Å². The molecule has 0 unspecified atom stereocenters. The summed E-state index contributed by atoms with van der Waals surface area (Å²) in [6.45, 7) is 0. The molecule has 5 rings (SSSR count). The zero-order valence-corrected chi connectivity index (χ0v) is 22.8. The van der Waals surface area contributed by atoms with Crippen molar-refractivity contribution in [3.05, 3.63) is 108 Å². The molecule has 13 heteroatoms. The minimum atomic E-state index is -4.64. The molecule has 214 valence electrons. The van der Waals surface area contributed by atoms with Crippen molar-refractivity contribution in [1.29, 1.82) is 0 Å². The second kappa shape index (κ2) is 12.1. The van der Waals surface area contributed by atoms with Crippen LogP contribution in [0, 0.1) is 0 Å². The minimum absolute atomic E-state index is 0.0327. The number of carbonyl (C=O) groups excluding carboxylic acids is 1. The number of carbonyl (C=O) groups is 1. The Balaban J connectivity index is 1.71. The summed E-state index contributed by atoms with van der Waals surface area (Å²) >= 11 is 0.425. The number of benzene rings is 5. The molecule has 0 fully saturated rings. The van der Waals surface area contributed by atoms with Crippen LogP contribution in [-0.2, 0) is 19.5 Å². The summed E-state index contributed by atoms with van der Waals surface area (Å²) in [5.74, 6) is -0.337. The Labute approximate surface area is 242 Å². The van der Waals surface area contributed by atoms with E-state index < -0.39 is 20.8 Å². The lowest BCUT2D eigenvalue weighted by Crippen LogP contribution is -2.09. The third-order valence-electron chi connectivity index (χ3n) is 5.95. The first-order valence-corrected chi connectivity index (χ1v) is 14.1. The van der Waals surface area contributed by atoms with Crippen molar-refractivity contribution in [3.8, 4) is 34.5 Å². The van der Waals surface area contributed by atoms with Crippen LogP contribution in [0.25, 0.3) is 10.8 Å². The summed E-state index contributed by atoms with van der Waals surface area (Å²) in [7, 11) is -4.64. The van der Waals surface area contributed by atoms with Gasteiger partial charge in [-0.05, 0) is 53.9 Å². The Morgan fingerprint density at radius 1 is 0.714 bits per heavy atom. The van der Waals surface area contributed by atoms with Crippen molar-refractivity contribution in [2.24, 2.45) is 0 Å². The summed E-state index contributed by atoms with van der Waals surface area (Å²) in [6, 6.07) is 23.1. The zero-order chi connectivity index (χ0) is 29.9. The van der Waals surface area contributed by atoms with Gasteiger partial charge in [0.25, 0.3) is 10.1 Å². The fourth-order valence-electron chi connectivity index (χ4n) is 4.23. The van der Waals surface area contributed by atoms with Gasteiger partial charge in [0, 0.05) is 23.1 Å². The van der Waals surface area contributed by atoms with Gasteiger partial charge < -0.3 is 19.7 Å². The number of ketones is 1. The van der Waals surface area contributed by atoms with E-state index in [9.17, 15) is 28.0 Å². The van der Waals surface area contributed by atoms with Crippen LogP contribution in [0.1, 0.15) is 15.9 Å². The SMILES string of the molecule is O=C(c1ccc2c(S(=O)(=O)O)cccc2c1SOOO)c1c(Oc2cccc(O)c2)cccc1Oc1cccc(O)c1. The number of hydrogen-bond donors (Lipinski definition) is 4. The highest BCUT2D eigenvalue weighted by molar-refractivity contribution is 7.95. The van der Waals surface area contributed by atoms with E-state index in [1.54, 1.807) is 30.3 Å². The van der Waals surface area contributed by atoms with Gasteiger partial charge in [-0.2, -0.15) is 8.42 Å². The van der Waals surface area contributed by atoms with Crippen molar-refractivity contribution in [1.82, 2.24) is 0 Å². The van der Waals surface area contributed by atoms with E-state index in [4.69, 9.17) is 14.7 Å². The molecule has 0 aliphatic heterocycles. The largest absolute Gasteiger partial charge is 0.508 e. The average Bonchev–Trinajstić information content (AvgIpc) is 2.95. The molecule has 0 aliphatic rings. The Morgan fingerprint density at radius 3 is 1.83 bits per heavy atom. The van der Waals surface area contributed by atoms with Crippen molar-refractivity contribution < 1.29 is 52.1 Å². The molecule has 0 aliphatic carbocycles. The summed E-state index contributed by atoms with van der Waals surface area (Å²) in [4.78, 5) is 13.9. The highest BCUT2D eigenvalue weighted by atomic mass is 32.2. The number of rotatable bonds is 10. The van der Waals surface area contributed by atoms with Crippen LogP contribution in [-0.4, -0.2) is 34.2 Å². The van der Waals surface area contributed by atoms with Crippen LogP contribution >= 0.6 is 12.0 Å². The van der Waals surface area contributed by atoms with Crippen molar-refractivity contribution >= 4 is 38.7 Å². The molecule has 0 heterocycles. The van der Waals surface area contributed by atoms with Gasteiger partial charge in [-0.15, -0.1) is 4.33 Å². The predicted octanol–water partition coefficient (Wildman–Crippen LogP) is 6.74. The number of phenolic OH excluding ortho intramolecular Hbond substituents is 2. The first-order valence-electron chi connectivity index (χ1n) is 11.9. The second-order valence-electron chi connectivity index (χ2n) is 8.65. The highest BCUT2D eigenvalue weighted by Gasteiger charge is 2.27. The van der Waals surface area contributed by atoms with Crippen LogP contribution in [0.3, 0.4) is 0 Å². The van der Waals surface area contributed by atoms with Crippen LogP contribution in [0.15, 0.2) is 107 Å². The van der Waals surface area contributed by atoms with E-state index in [0.29, 0.717) is 12.0 Å². The summed E-state index contributed by atoms with van der Waals surface area (Å²) in [6.07, 6.45) is 0. The number of aromatic hydroxyl groups is 2. The smallest absolute Gasteiger partial charge is 0.295 e. The summed E-state index contributed by atoms with van der Waals surface area (Å²) in [5.41, 5.74) is -0.119. The molecule has 0 aromatic heterocycles. The molecule has 4 N–H and O–H groups in total. The van der Waals surface area contributed by atoms with Gasteiger partial charge >= 0.3 is 0 Å². The molecule has 5 aromatic rings. The molecular formula is C29H20O11S2. The molecule has 0 saturated heterocycles. The third kappa shape index (κ3) is 6.16. The van der Waals surface area contributed by atoms with E-state index in [-0.39, 0.29) is 61.3 Å². The molecule has 0 radical (unpaired) electrons. The quantitative estimate of drug-likeness (QED) is 0.0434. The van der Waals surface area contributed by atoms with Gasteiger partial charge in [-0.3, -0.25) is 9.35 Å². The second-order valence-corrected chi connectivity index (χ2v) is 10.8. The fourth-order valence-corrected chi connectivity index (χ4v) is 5.55. The third-order valence-corrected chi connectivity index (χ3v) is 7.60. The maximum absolute atomic E-state index is 14.3. The molecule has 0 amide bonds. The van der Waals surface area contributed by atoms with Crippen molar-refractivity contribution in [2.75, 3.05) is 0 Å². The first-order chi connectivity index (χ1) is 20.2. The van der Waals surface area contributed by atoms with Gasteiger partial charge in [0.15, 0.2) is 0 Å². The summed E-state index contributed by atoms with van der Waals surface area (Å²) < 4.78 is 50.4. The standard InChI is InChI=1S/C29H20O11S2/c30-17-5-1-7-19(15-17)37-24-10-4-11-25(38-20-8-2-6-18(31)16-20)27(24)28(32)23-14-13-21-22(29(23)41-40-39-33)9-3-12-26(21)42(34,35)36/h1-16,30-31,33H,(H,34,35,36). The van der Waals surface area contributed by atoms with E-state index in [1.807, 2.05) is 0 Å². The maximum Gasteiger partial charge on any atom is 0.295 e. The molecule has 11 nitrogen and oxygen atoms in total. The van der Waals surface area contributed by atoms with E-state index in [1.165, 1.54) is 66.7 Å². The Bertz CT molecular complexity index is 1840. The van der Waals surface area contributed by atoms with E-state index in [0.717, 1.165) is 0 Å². The average molecular weight is 609 g/mol. The Morgan fingerprint density at radius 2 is 1.29 bits per heavy atom. The molecule has 5 aromatic carbocycles. The number of phenols is 2. The lowest BCUT2D eigenvalue weighted by molar-refractivity contribution is -0.432. The van der Waals surface area contributed by atoms with E-state index in [2.05, 4.69) is 9.37 Å². The molecule has 0 bridgehead atoms.